The largest absolute Gasteiger partial charge is 0.492 e. The van der Waals surface area contributed by atoms with Crippen LogP contribution in [0.3, 0.4) is 0 Å². The lowest BCUT2D eigenvalue weighted by Gasteiger charge is -2.56. The van der Waals surface area contributed by atoms with Gasteiger partial charge in [0.15, 0.2) is 5.13 Å². The lowest BCUT2D eigenvalue weighted by atomic mass is 9.53. The number of hydrogen-bond donors (Lipinski definition) is 2. The van der Waals surface area contributed by atoms with Gasteiger partial charge in [0.25, 0.3) is 0 Å². The average molecular weight is 292 g/mol. The summed E-state index contributed by atoms with van der Waals surface area (Å²) < 4.78 is 0. The lowest BCUT2D eigenvalue weighted by molar-refractivity contribution is 0.0107. The Bertz CT molecular complexity index is 487. The zero-order valence-corrected chi connectivity index (χ0v) is 13.2. The van der Waals surface area contributed by atoms with Crippen molar-refractivity contribution in [2.24, 2.45) is 17.8 Å². The molecule has 110 valence electrons. The molecule has 4 aliphatic rings. The fourth-order valence-electron chi connectivity index (χ4n) is 5.24. The number of aromatic hydroxyl groups is 1. The summed E-state index contributed by atoms with van der Waals surface area (Å²) in [6, 6.07) is 0. The quantitative estimate of drug-likeness (QED) is 0.870. The van der Waals surface area contributed by atoms with Gasteiger partial charge in [-0.3, -0.25) is 0 Å². The molecule has 0 atom stereocenters. The van der Waals surface area contributed by atoms with Gasteiger partial charge in [0.2, 0.25) is 5.88 Å². The van der Waals surface area contributed by atoms with Crippen molar-refractivity contribution >= 4 is 16.5 Å². The van der Waals surface area contributed by atoms with E-state index in [-0.39, 0.29) is 11.4 Å². The first kappa shape index (κ1) is 12.9. The zero-order chi connectivity index (χ0) is 13.9. The van der Waals surface area contributed by atoms with Crippen LogP contribution in [-0.2, 0) is 0 Å². The van der Waals surface area contributed by atoms with Gasteiger partial charge in [0, 0.05) is 5.54 Å². The highest BCUT2D eigenvalue weighted by atomic mass is 32.1. The van der Waals surface area contributed by atoms with Crippen LogP contribution in [0.2, 0.25) is 0 Å². The fraction of sp³-hybridized carbons (Fsp3) is 0.812. The van der Waals surface area contributed by atoms with E-state index in [0.29, 0.717) is 5.92 Å². The van der Waals surface area contributed by atoms with Crippen molar-refractivity contribution in [1.29, 1.82) is 0 Å². The van der Waals surface area contributed by atoms with E-state index >= 15 is 0 Å². The van der Waals surface area contributed by atoms with Gasteiger partial charge >= 0.3 is 0 Å². The zero-order valence-electron chi connectivity index (χ0n) is 12.4. The third-order valence-electron chi connectivity index (χ3n) is 5.57. The van der Waals surface area contributed by atoms with Crippen molar-refractivity contribution in [1.82, 2.24) is 4.98 Å². The lowest BCUT2D eigenvalue weighted by Crippen LogP contribution is -2.54. The van der Waals surface area contributed by atoms with Crippen LogP contribution in [0.25, 0.3) is 0 Å². The van der Waals surface area contributed by atoms with E-state index in [9.17, 15) is 5.11 Å². The second-order valence-electron chi connectivity index (χ2n) is 7.68. The monoisotopic (exact) mass is 292 g/mol. The van der Waals surface area contributed by atoms with Crippen LogP contribution in [0, 0.1) is 17.8 Å². The summed E-state index contributed by atoms with van der Waals surface area (Å²) in [7, 11) is 0. The average Bonchev–Trinajstić information content (AvgIpc) is 2.67. The Morgan fingerprint density at radius 1 is 1.15 bits per heavy atom. The fourth-order valence-corrected chi connectivity index (χ4v) is 6.22. The Balaban J connectivity index is 1.58. The smallest absolute Gasteiger partial charge is 0.227 e. The van der Waals surface area contributed by atoms with Gasteiger partial charge in [-0.2, -0.15) is 4.98 Å². The van der Waals surface area contributed by atoms with Crippen molar-refractivity contribution in [2.75, 3.05) is 5.32 Å². The topological polar surface area (TPSA) is 45.2 Å². The molecule has 4 saturated carbocycles. The Morgan fingerprint density at radius 2 is 1.70 bits per heavy atom. The van der Waals surface area contributed by atoms with Crippen LogP contribution in [0.1, 0.15) is 63.2 Å². The molecular formula is C16H24N2OS. The summed E-state index contributed by atoms with van der Waals surface area (Å²) >= 11 is 1.64. The molecular weight excluding hydrogens is 268 g/mol. The molecule has 4 heteroatoms. The molecule has 0 radical (unpaired) electrons. The molecule has 4 bridgehead atoms. The van der Waals surface area contributed by atoms with E-state index in [1.165, 1.54) is 38.5 Å². The van der Waals surface area contributed by atoms with Gasteiger partial charge in [-0.25, -0.2) is 0 Å². The number of aromatic nitrogens is 1. The van der Waals surface area contributed by atoms with E-state index in [2.05, 4.69) is 24.1 Å². The van der Waals surface area contributed by atoms with E-state index in [1.54, 1.807) is 11.3 Å². The van der Waals surface area contributed by atoms with E-state index in [1.807, 2.05) is 0 Å². The molecule has 4 fully saturated rings. The Kier molecular flexibility index (Phi) is 2.82. The summed E-state index contributed by atoms with van der Waals surface area (Å²) in [6.07, 6.45) is 8.33. The minimum absolute atomic E-state index is 0.234. The molecule has 0 amide bonds. The van der Waals surface area contributed by atoms with Gasteiger partial charge in [-0.15, -0.1) is 0 Å². The second kappa shape index (κ2) is 4.36. The summed E-state index contributed by atoms with van der Waals surface area (Å²) in [5.41, 5.74) is 0.285. The van der Waals surface area contributed by atoms with Crippen LogP contribution >= 0.6 is 11.3 Å². The third kappa shape index (κ3) is 2.03. The van der Waals surface area contributed by atoms with Crippen molar-refractivity contribution in [3.63, 3.8) is 0 Å². The standard InChI is InChI=1S/C16H24N2OS/c1-9(2)13-14(19)17-15(20-13)18-16-6-10-3-11(7-16)5-12(4-10)8-16/h9-12,19H,3-8H2,1-2H3,(H,17,18). The van der Waals surface area contributed by atoms with Crippen molar-refractivity contribution < 1.29 is 5.11 Å². The summed E-state index contributed by atoms with van der Waals surface area (Å²) in [5.74, 6) is 3.39. The first-order valence-corrected chi connectivity index (χ1v) is 8.82. The van der Waals surface area contributed by atoms with Crippen molar-refractivity contribution in [2.45, 2.75) is 63.8 Å². The molecule has 5 rings (SSSR count). The Hall–Kier alpha value is -0.770. The Labute approximate surface area is 124 Å². The van der Waals surface area contributed by atoms with Gasteiger partial charge in [-0.1, -0.05) is 25.2 Å². The molecule has 0 spiro atoms. The van der Waals surface area contributed by atoms with Crippen molar-refractivity contribution in [3.05, 3.63) is 4.88 Å². The van der Waals surface area contributed by atoms with Crippen LogP contribution < -0.4 is 5.32 Å². The molecule has 1 heterocycles. The molecule has 0 aromatic carbocycles. The second-order valence-corrected chi connectivity index (χ2v) is 8.72. The molecule has 1 aromatic rings. The molecule has 0 aliphatic heterocycles. The first-order valence-electron chi connectivity index (χ1n) is 8.01. The molecule has 2 N–H and O–H groups in total. The predicted molar refractivity (Wildman–Crippen MR) is 82.4 cm³/mol. The summed E-state index contributed by atoms with van der Waals surface area (Å²) in [4.78, 5) is 5.38. The van der Waals surface area contributed by atoms with Crippen LogP contribution in [0.15, 0.2) is 0 Å². The molecule has 1 aromatic heterocycles. The molecule has 3 nitrogen and oxygen atoms in total. The highest BCUT2D eigenvalue weighted by Gasteiger charge is 2.51. The number of hydrogen-bond acceptors (Lipinski definition) is 4. The van der Waals surface area contributed by atoms with Crippen LogP contribution in [0.4, 0.5) is 5.13 Å². The predicted octanol–water partition coefficient (Wildman–Crippen LogP) is 4.35. The number of rotatable bonds is 3. The molecule has 0 unspecified atom stereocenters. The third-order valence-corrected chi connectivity index (χ3v) is 6.83. The van der Waals surface area contributed by atoms with Crippen LogP contribution in [0.5, 0.6) is 5.88 Å². The van der Waals surface area contributed by atoms with E-state index in [0.717, 1.165) is 27.8 Å². The number of thiazole rings is 1. The van der Waals surface area contributed by atoms with E-state index in [4.69, 9.17) is 0 Å². The number of anilines is 1. The molecule has 0 saturated heterocycles. The minimum Gasteiger partial charge on any atom is -0.492 e. The van der Waals surface area contributed by atoms with Crippen molar-refractivity contribution in [3.8, 4) is 5.88 Å². The normalized spacial score (nSPS) is 38.6. The highest BCUT2D eigenvalue weighted by Crippen LogP contribution is 2.57. The number of nitrogens with one attached hydrogen (secondary N) is 1. The summed E-state index contributed by atoms with van der Waals surface area (Å²) in [6.45, 7) is 4.23. The van der Waals surface area contributed by atoms with Gasteiger partial charge < -0.3 is 10.4 Å². The summed E-state index contributed by atoms with van der Waals surface area (Å²) in [5, 5.41) is 14.7. The molecule has 20 heavy (non-hydrogen) atoms. The van der Waals surface area contributed by atoms with Crippen LogP contribution in [-0.4, -0.2) is 15.6 Å². The first-order chi connectivity index (χ1) is 9.53. The maximum atomic E-state index is 9.97. The minimum atomic E-state index is 0.234. The Morgan fingerprint density at radius 3 is 2.15 bits per heavy atom. The SMILES string of the molecule is CC(C)c1sc(NC23CC4CC(CC(C4)C2)C3)nc1O. The van der Waals surface area contributed by atoms with Gasteiger partial charge in [0.1, 0.15) is 0 Å². The number of nitrogens with zero attached hydrogens (tertiary/aromatic N) is 1. The van der Waals surface area contributed by atoms with E-state index < -0.39 is 0 Å². The highest BCUT2D eigenvalue weighted by molar-refractivity contribution is 7.16. The maximum Gasteiger partial charge on any atom is 0.227 e. The molecule has 4 aliphatic carbocycles. The van der Waals surface area contributed by atoms with Gasteiger partial charge in [-0.05, 0) is 62.2 Å². The van der Waals surface area contributed by atoms with Gasteiger partial charge in [0.05, 0.1) is 4.88 Å². The maximum absolute atomic E-state index is 9.97.